The molecule has 1 saturated carbocycles. The second-order valence-corrected chi connectivity index (χ2v) is 10.1. The summed E-state index contributed by atoms with van der Waals surface area (Å²) in [5.74, 6) is 0.646. The van der Waals surface area contributed by atoms with E-state index in [-0.39, 0.29) is 12.7 Å². The Morgan fingerprint density at radius 3 is 2.74 bits per heavy atom. The third-order valence-corrected chi connectivity index (χ3v) is 7.27. The van der Waals surface area contributed by atoms with Crippen molar-refractivity contribution in [3.8, 4) is 11.1 Å². The largest absolute Gasteiger partial charge is 0.395 e. The number of fused-ring (bicyclic) bond motifs is 1. The van der Waals surface area contributed by atoms with Crippen LogP contribution >= 0.6 is 11.3 Å². The molecule has 182 valence electrons. The van der Waals surface area contributed by atoms with Crippen LogP contribution in [0.2, 0.25) is 0 Å². The van der Waals surface area contributed by atoms with Crippen molar-refractivity contribution in [1.29, 1.82) is 0 Å². The van der Waals surface area contributed by atoms with Gasteiger partial charge in [0, 0.05) is 49.7 Å². The van der Waals surface area contributed by atoms with Gasteiger partial charge in [0.05, 0.1) is 33.6 Å². The maximum Gasteiger partial charge on any atom is 0.223 e. The number of benzene rings is 1. The molecule has 0 saturated heterocycles. The summed E-state index contributed by atoms with van der Waals surface area (Å²) in [5.41, 5.74) is 5.17. The quantitative estimate of drug-likeness (QED) is 0.263. The van der Waals surface area contributed by atoms with Gasteiger partial charge in [0.15, 0.2) is 0 Å². The first-order chi connectivity index (χ1) is 17.2. The molecule has 4 aromatic rings. The maximum absolute atomic E-state index is 9.72. The Labute approximate surface area is 208 Å². The molecule has 9 heteroatoms. The van der Waals surface area contributed by atoms with Crippen LogP contribution in [0.15, 0.2) is 48.9 Å². The highest BCUT2D eigenvalue weighted by Gasteiger charge is 2.20. The molecule has 0 radical (unpaired) electrons. The van der Waals surface area contributed by atoms with Gasteiger partial charge in [-0.05, 0) is 61.1 Å². The van der Waals surface area contributed by atoms with Gasteiger partial charge >= 0.3 is 0 Å². The molecule has 1 aromatic carbocycles. The van der Waals surface area contributed by atoms with Gasteiger partial charge in [-0.3, -0.25) is 4.98 Å². The Morgan fingerprint density at radius 1 is 1.00 bits per heavy atom. The summed E-state index contributed by atoms with van der Waals surface area (Å²) in [5, 5.41) is 26.3. The summed E-state index contributed by atoms with van der Waals surface area (Å²) in [4.78, 5) is 18.3. The number of aromatic nitrogens is 4. The summed E-state index contributed by atoms with van der Waals surface area (Å²) in [6.07, 6.45) is 9.53. The highest BCUT2D eigenvalue weighted by atomic mass is 32.1. The van der Waals surface area contributed by atoms with Gasteiger partial charge in [-0.15, -0.1) is 11.3 Å². The molecule has 3 heterocycles. The van der Waals surface area contributed by atoms with Crippen LogP contribution in [-0.2, 0) is 13.0 Å². The lowest BCUT2D eigenvalue weighted by Gasteiger charge is -2.26. The van der Waals surface area contributed by atoms with Crippen molar-refractivity contribution >= 4 is 27.5 Å². The van der Waals surface area contributed by atoms with Gasteiger partial charge in [0.25, 0.3) is 0 Å². The van der Waals surface area contributed by atoms with E-state index in [0.717, 1.165) is 63.3 Å². The normalized spacial score (nSPS) is 18.1. The number of aliphatic hydroxyl groups is 2. The van der Waals surface area contributed by atoms with Crippen LogP contribution in [0.25, 0.3) is 21.3 Å². The van der Waals surface area contributed by atoms with Crippen LogP contribution in [0.1, 0.15) is 41.9 Å². The second kappa shape index (κ2) is 11.2. The number of aliphatic hydroxyl groups excluding tert-OH is 2. The van der Waals surface area contributed by atoms with Crippen molar-refractivity contribution in [1.82, 2.24) is 25.3 Å². The number of nitrogens with zero attached hydrogens (tertiary/aromatic N) is 4. The fourth-order valence-corrected chi connectivity index (χ4v) is 5.43. The fourth-order valence-electron chi connectivity index (χ4n) is 4.40. The number of hydrogen-bond donors (Lipinski definition) is 4. The molecule has 0 atom stereocenters. The van der Waals surface area contributed by atoms with E-state index in [2.05, 4.69) is 44.9 Å². The van der Waals surface area contributed by atoms with Gasteiger partial charge in [-0.25, -0.2) is 15.0 Å². The average molecular weight is 491 g/mol. The molecule has 1 aliphatic carbocycles. The number of nitrogens with one attached hydrogen (secondary N) is 2. The van der Waals surface area contributed by atoms with Crippen molar-refractivity contribution in [2.24, 2.45) is 0 Å². The zero-order valence-corrected chi connectivity index (χ0v) is 20.3. The van der Waals surface area contributed by atoms with E-state index in [1.54, 1.807) is 17.5 Å². The maximum atomic E-state index is 9.72. The number of thiazole rings is 1. The predicted octanol–water partition coefficient (Wildman–Crippen LogP) is 3.54. The van der Waals surface area contributed by atoms with E-state index in [1.165, 1.54) is 0 Å². The van der Waals surface area contributed by atoms with E-state index in [1.807, 2.05) is 18.5 Å². The lowest BCUT2D eigenvalue weighted by molar-refractivity contribution is 0.126. The number of anilines is 1. The Balaban J connectivity index is 1.28. The number of hydrogen-bond acceptors (Lipinski definition) is 9. The van der Waals surface area contributed by atoms with Crippen molar-refractivity contribution in [3.05, 3.63) is 65.2 Å². The minimum atomic E-state index is -0.172. The van der Waals surface area contributed by atoms with E-state index in [4.69, 9.17) is 15.1 Å². The molecule has 3 aromatic heterocycles. The van der Waals surface area contributed by atoms with Crippen molar-refractivity contribution in [2.45, 2.75) is 50.8 Å². The van der Waals surface area contributed by atoms with Crippen molar-refractivity contribution in [2.75, 3.05) is 18.5 Å². The highest BCUT2D eigenvalue weighted by molar-refractivity contribution is 7.18. The van der Waals surface area contributed by atoms with Crippen LogP contribution in [0.3, 0.4) is 0 Å². The van der Waals surface area contributed by atoms with Crippen molar-refractivity contribution < 1.29 is 10.2 Å². The number of rotatable bonds is 9. The molecule has 35 heavy (non-hydrogen) atoms. The molecular weight excluding hydrogens is 460 g/mol. The molecule has 5 rings (SSSR count). The Hall–Kier alpha value is -2.98. The first-order valence-electron chi connectivity index (χ1n) is 12.1. The third kappa shape index (κ3) is 6.18. The van der Waals surface area contributed by atoms with Gasteiger partial charge in [0.2, 0.25) is 5.95 Å². The SMILES string of the molecule is OCCNCc1cncc(-c2ccc3nc(Cc4ccnc(NC5CCC(O)CC5)n4)sc3c2)c1. The zero-order chi connectivity index (χ0) is 24.0. The number of pyridine rings is 1. The third-order valence-electron chi connectivity index (χ3n) is 6.25. The first-order valence-corrected chi connectivity index (χ1v) is 12.9. The van der Waals surface area contributed by atoms with Crippen LogP contribution in [-0.4, -0.2) is 55.4 Å². The summed E-state index contributed by atoms with van der Waals surface area (Å²) in [6, 6.07) is 10.7. The van der Waals surface area contributed by atoms with E-state index in [0.29, 0.717) is 31.5 Å². The van der Waals surface area contributed by atoms with Gasteiger partial charge in [-0.2, -0.15) is 0 Å². The lowest BCUT2D eigenvalue weighted by atomic mass is 9.93. The molecule has 0 amide bonds. The molecule has 4 N–H and O–H groups in total. The molecular formula is C26H30N6O2S. The van der Waals surface area contributed by atoms with Crippen LogP contribution in [0.5, 0.6) is 0 Å². The van der Waals surface area contributed by atoms with E-state index >= 15 is 0 Å². The smallest absolute Gasteiger partial charge is 0.223 e. The minimum Gasteiger partial charge on any atom is -0.395 e. The average Bonchev–Trinajstić information content (AvgIpc) is 3.27. The lowest BCUT2D eigenvalue weighted by Crippen LogP contribution is -2.29. The van der Waals surface area contributed by atoms with Gasteiger partial charge in [0.1, 0.15) is 0 Å². The summed E-state index contributed by atoms with van der Waals surface area (Å²) in [6.45, 7) is 1.36. The molecule has 0 bridgehead atoms. The fraction of sp³-hybridized carbons (Fsp3) is 0.385. The van der Waals surface area contributed by atoms with Gasteiger partial charge < -0.3 is 20.8 Å². The van der Waals surface area contributed by atoms with Crippen LogP contribution < -0.4 is 10.6 Å². The Kier molecular flexibility index (Phi) is 7.58. The second-order valence-electron chi connectivity index (χ2n) is 8.97. The van der Waals surface area contributed by atoms with Crippen LogP contribution in [0, 0.1) is 0 Å². The predicted molar refractivity (Wildman–Crippen MR) is 138 cm³/mol. The highest BCUT2D eigenvalue weighted by Crippen LogP contribution is 2.29. The van der Waals surface area contributed by atoms with Gasteiger partial charge in [-0.1, -0.05) is 6.07 Å². The molecule has 0 aliphatic heterocycles. The molecule has 0 spiro atoms. The molecule has 8 nitrogen and oxygen atoms in total. The topological polar surface area (TPSA) is 116 Å². The van der Waals surface area contributed by atoms with E-state index in [9.17, 15) is 5.11 Å². The first kappa shape index (κ1) is 23.7. The Bertz CT molecular complexity index is 1270. The molecule has 1 fully saturated rings. The summed E-state index contributed by atoms with van der Waals surface area (Å²) < 4.78 is 1.13. The molecule has 1 aliphatic rings. The van der Waals surface area contributed by atoms with Crippen LogP contribution in [0.4, 0.5) is 5.95 Å². The Morgan fingerprint density at radius 2 is 1.89 bits per heavy atom. The minimum absolute atomic E-state index is 0.121. The zero-order valence-electron chi connectivity index (χ0n) is 19.5. The monoisotopic (exact) mass is 490 g/mol. The van der Waals surface area contributed by atoms with Crippen molar-refractivity contribution in [3.63, 3.8) is 0 Å². The van der Waals surface area contributed by atoms with E-state index < -0.39 is 0 Å². The summed E-state index contributed by atoms with van der Waals surface area (Å²) in [7, 11) is 0. The molecule has 0 unspecified atom stereocenters. The standard InChI is InChI=1S/C26H30N6O2S/c33-10-9-27-14-17-11-19(16-28-15-17)18-1-6-23-24(12-18)35-25(32-23)13-21-7-8-29-26(31-21)30-20-2-4-22(34)5-3-20/h1,6-8,11-12,15-16,20,22,27,33-34H,2-5,9-10,13-14H2,(H,29,30,31). The summed E-state index contributed by atoms with van der Waals surface area (Å²) >= 11 is 1.68.